The molecule has 0 aromatic heterocycles. The second-order valence-corrected chi connectivity index (χ2v) is 9.47. The number of hydrogen-bond donors (Lipinski definition) is 0. The van der Waals surface area contributed by atoms with Gasteiger partial charge in [0.15, 0.2) is 0 Å². The highest BCUT2D eigenvalue weighted by Crippen LogP contribution is 2.42. The second kappa shape index (κ2) is 11.5. The summed E-state index contributed by atoms with van der Waals surface area (Å²) in [6, 6.07) is 57.8. The Kier molecular flexibility index (Phi) is 7.14. The highest BCUT2D eigenvalue weighted by Gasteiger charge is 2.18. The second-order valence-electron chi connectivity index (χ2n) is 9.47. The Hall–Kier alpha value is -5.14. The fourth-order valence-corrected chi connectivity index (χ4v) is 4.89. The van der Waals surface area contributed by atoms with E-state index in [4.69, 9.17) is 0 Å². The zero-order chi connectivity index (χ0) is 26.3. The van der Waals surface area contributed by atoms with Crippen molar-refractivity contribution in [2.24, 2.45) is 0 Å². The minimum absolute atomic E-state index is 1.11. The fraction of sp³-hybridized carbons (Fsp3) is 0. The van der Waals surface area contributed by atoms with Gasteiger partial charge in [0.1, 0.15) is 0 Å². The maximum Gasteiger partial charge on any atom is 0.0540 e. The first-order valence-corrected chi connectivity index (χ1v) is 13.3. The lowest BCUT2D eigenvalue weighted by Gasteiger charge is -2.28. The average molecular weight is 500 g/mol. The molecule has 0 N–H and O–H groups in total. The Labute approximate surface area is 231 Å². The molecule has 0 fully saturated rings. The van der Waals surface area contributed by atoms with Gasteiger partial charge in [-0.05, 0) is 64.2 Å². The summed E-state index contributed by atoms with van der Waals surface area (Å²) < 4.78 is 0. The van der Waals surface area contributed by atoms with Gasteiger partial charge in [0.2, 0.25) is 0 Å². The maximum atomic E-state index is 2.35. The summed E-state index contributed by atoms with van der Waals surface area (Å²) in [5.74, 6) is 0. The molecule has 6 aromatic rings. The normalized spacial score (nSPS) is 11.0. The summed E-state index contributed by atoms with van der Waals surface area (Å²) in [6.07, 6.45) is 4.32. The standard InChI is InChI=1S/C38H29N/c1-5-13-30(14-6-1)21-22-31-23-26-36(27-24-31)39(35-19-11-4-12-20-35)38-28-25-34(32-15-7-2-8-16-32)29-37(38)33-17-9-3-10-18-33/h1-29H/b22-21+. The monoisotopic (exact) mass is 499 g/mol. The molecule has 6 aromatic carbocycles. The minimum Gasteiger partial charge on any atom is -0.310 e. The zero-order valence-corrected chi connectivity index (χ0v) is 21.7. The number of hydrogen-bond acceptors (Lipinski definition) is 1. The first-order chi connectivity index (χ1) is 19.3. The topological polar surface area (TPSA) is 3.24 Å². The predicted molar refractivity (Wildman–Crippen MR) is 167 cm³/mol. The van der Waals surface area contributed by atoms with E-state index in [-0.39, 0.29) is 0 Å². The van der Waals surface area contributed by atoms with Gasteiger partial charge in [0.05, 0.1) is 5.69 Å². The van der Waals surface area contributed by atoms with Gasteiger partial charge in [-0.1, -0.05) is 140 Å². The van der Waals surface area contributed by atoms with E-state index in [0.717, 1.165) is 17.1 Å². The lowest BCUT2D eigenvalue weighted by atomic mass is 9.96. The molecule has 1 heteroatoms. The Morgan fingerprint density at radius 2 is 0.846 bits per heavy atom. The van der Waals surface area contributed by atoms with Crippen molar-refractivity contribution in [3.05, 3.63) is 175 Å². The summed E-state index contributed by atoms with van der Waals surface area (Å²) in [5, 5.41) is 0. The van der Waals surface area contributed by atoms with Gasteiger partial charge in [-0.15, -0.1) is 0 Å². The van der Waals surface area contributed by atoms with Crippen LogP contribution in [0.2, 0.25) is 0 Å². The van der Waals surface area contributed by atoms with E-state index < -0.39 is 0 Å². The third-order valence-electron chi connectivity index (χ3n) is 6.86. The minimum atomic E-state index is 1.11. The quantitative estimate of drug-likeness (QED) is 0.197. The van der Waals surface area contributed by atoms with Crippen molar-refractivity contribution in [1.29, 1.82) is 0 Å². The molecule has 0 spiro atoms. The van der Waals surface area contributed by atoms with E-state index in [2.05, 4.69) is 175 Å². The SMILES string of the molecule is C(=C\c1ccc(N(c2ccccc2)c2ccc(-c3ccccc3)cc2-c2ccccc2)cc1)/c1ccccc1. The molecule has 0 saturated carbocycles. The van der Waals surface area contributed by atoms with Crippen molar-refractivity contribution in [3.8, 4) is 22.3 Å². The highest BCUT2D eigenvalue weighted by molar-refractivity contribution is 5.90. The molecule has 0 heterocycles. The summed E-state index contributed by atoms with van der Waals surface area (Å²) in [4.78, 5) is 2.35. The number of nitrogens with zero attached hydrogens (tertiary/aromatic N) is 1. The van der Waals surface area contributed by atoms with Gasteiger partial charge in [-0.25, -0.2) is 0 Å². The van der Waals surface area contributed by atoms with E-state index in [0.29, 0.717) is 0 Å². The predicted octanol–water partition coefficient (Wildman–Crippen LogP) is 10.7. The van der Waals surface area contributed by atoms with Crippen molar-refractivity contribution in [2.75, 3.05) is 4.90 Å². The molecule has 0 saturated heterocycles. The number of benzene rings is 6. The molecule has 0 aliphatic heterocycles. The molecule has 39 heavy (non-hydrogen) atoms. The van der Waals surface area contributed by atoms with Gasteiger partial charge in [-0.2, -0.15) is 0 Å². The average Bonchev–Trinajstić information content (AvgIpc) is 3.03. The Bertz CT molecular complexity index is 1650. The summed E-state index contributed by atoms with van der Waals surface area (Å²) in [6.45, 7) is 0. The molecule has 0 amide bonds. The third kappa shape index (κ3) is 5.58. The maximum absolute atomic E-state index is 2.35. The van der Waals surface area contributed by atoms with Crippen molar-refractivity contribution in [3.63, 3.8) is 0 Å². The first kappa shape index (κ1) is 24.2. The van der Waals surface area contributed by atoms with E-state index >= 15 is 0 Å². The van der Waals surface area contributed by atoms with Crippen LogP contribution >= 0.6 is 0 Å². The van der Waals surface area contributed by atoms with Crippen molar-refractivity contribution >= 4 is 29.2 Å². The molecular weight excluding hydrogens is 470 g/mol. The molecule has 0 unspecified atom stereocenters. The Morgan fingerprint density at radius 3 is 1.46 bits per heavy atom. The summed E-state index contributed by atoms with van der Waals surface area (Å²) >= 11 is 0. The third-order valence-corrected chi connectivity index (χ3v) is 6.86. The van der Waals surface area contributed by atoms with Crippen molar-refractivity contribution in [1.82, 2.24) is 0 Å². The van der Waals surface area contributed by atoms with Crippen molar-refractivity contribution < 1.29 is 0 Å². The smallest absolute Gasteiger partial charge is 0.0540 e. The lowest BCUT2D eigenvalue weighted by molar-refractivity contribution is 1.28. The van der Waals surface area contributed by atoms with Crippen LogP contribution in [0.4, 0.5) is 17.1 Å². The van der Waals surface area contributed by atoms with Crippen LogP contribution in [0.3, 0.4) is 0 Å². The molecule has 0 bridgehead atoms. The van der Waals surface area contributed by atoms with Crippen LogP contribution in [0.5, 0.6) is 0 Å². The van der Waals surface area contributed by atoms with Gasteiger partial charge in [-0.3, -0.25) is 0 Å². The van der Waals surface area contributed by atoms with Gasteiger partial charge in [0.25, 0.3) is 0 Å². The van der Waals surface area contributed by atoms with E-state index in [1.807, 2.05) is 6.07 Å². The Morgan fingerprint density at radius 1 is 0.359 bits per heavy atom. The van der Waals surface area contributed by atoms with Crippen molar-refractivity contribution in [2.45, 2.75) is 0 Å². The molecule has 0 aliphatic rings. The van der Waals surface area contributed by atoms with Gasteiger partial charge in [0, 0.05) is 16.9 Å². The fourth-order valence-electron chi connectivity index (χ4n) is 4.89. The van der Waals surface area contributed by atoms with Gasteiger partial charge < -0.3 is 4.90 Å². The molecular formula is C38H29N. The number of anilines is 3. The van der Waals surface area contributed by atoms with Crippen LogP contribution in [0.15, 0.2) is 164 Å². The highest BCUT2D eigenvalue weighted by atomic mass is 15.1. The summed E-state index contributed by atoms with van der Waals surface area (Å²) in [7, 11) is 0. The molecule has 6 rings (SSSR count). The largest absolute Gasteiger partial charge is 0.310 e. The van der Waals surface area contributed by atoms with Gasteiger partial charge >= 0.3 is 0 Å². The van der Waals surface area contributed by atoms with Crippen LogP contribution in [0.25, 0.3) is 34.4 Å². The zero-order valence-electron chi connectivity index (χ0n) is 21.7. The first-order valence-electron chi connectivity index (χ1n) is 13.3. The number of para-hydroxylation sites is 1. The molecule has 0 aliphatic carbocycles. The van der Waals surface area contributed by atoms with Crippen LogP contribution in [0, 0.1) is 0 Å². The summed E-state index contributed by atoms with van der Waals surface area (Å²) in [5.41, 5.74) is 10.5. The molecule has 1 nitrogen and oxygen atoms in total. The van der Waals surface area contributed by atoms with Crippen LogP contribution < -0.4 is 4.90 Å². The van der Waals surface area contributed by atoms with E-state index in [1.165, 1.54) is 33.4 Å². The molecule has 0 radical (unpaired) electrons. The molecule has 186 valence electrons. The van der Waals surface area contributed by atoms with Crippen LogP contribution in [0.1, 0.15) is 11.1 Å². The van der Waals surface area contributed by atoms with Crippen LogP contribution in [-0.4, -0.2) is 0 Å². The lowest BCUT2D eigenvalue weighted by Crippen LogP contribution is -2.11. The van der Waals surface area contributed by atoms with E-state index in [1.54, 1.807) is 0 Å². The Balaban J connectivity index is 1.45. The van der Waals surface area contributed by atoms with E-state index in [9.17, 15) is 0 Å². The molecule has 0 atom stereocenters. The van der Waals surface area contributed by atoms with Crippen LogP contribution in [-0.2, 0) is 0 Å². The number of rotatable bonds is 7.